The van der Waals surface area contributed by atoms with E-state index in [0.717, 1.165) is 0 Å². The average Bonchev–Trinajstić information content (AvgIpc) is 3.41. The van der Waals surface area contributed by atoms with Crippen molar-refractivity contribution in [2.75, 3.05) is 0 Å². The monoisotopic (exact) mass is 399 g/mol. The number of nitrogens with zero attached hydrogens (tertiary/aromatic N) is 2. The SMILES string of the molecule is Cc1ccccc1-n1c(C)c(C2CCCCC2)[n+](C2CCCC2)c1-c1ccccc1. The lowest BCUT2D eigenvalue weighted by atomic mass is 9.86. The molecule has 1 aromatic heterocycles. The molecule has 1 heterocycles. The van der Waals surface area contributed by atoms with E-state index in [2.05, 4.69) is 77.6 Å². The number of rotatable bonds is 4. The van der Waals surface area contributed by atoms with Crippen LogP contribution in [0.25, 0.3) is 17.1 Å². The summed E-state index contributed by atoms with van der Waals surface area (Å²) >= 11 is 0. The number of aryl methyl sites for hydroxylation is 1. The standard InChI is InChI=1S/C28H35N2/c1-21-13-9-12-20-26(21)29-22(2)27(23-14-5-3-6-15-23)30(25-18-10-11-19-25)28(29)24-16-7-4-8-17-24/h4,7-9,12-13,16-17,20,23,25H,3,5-6,10-11,14-15,18-19H2,1-2H3/q+1. The lowest BCUT2D eigenvalue weighted by molar-refractivity contribution is -0.718. The van der Waals surface area contributed by atoms with E-state index in [0.29, 0.717) is 12.0 Å². The Morgan fingerprint density at radius 1 is 0.733 bits per heavy atom. The van der Waals surface area contributed by atoms with Crippen molar-refractivity contribution in [3.05, 3.63) is 71.5 Å². The molecule has 2 aromatic carbocycles. The van der Waals surface area contributed by atoms with E-state index in [9.17, 15) is 0 Å². The largest absolute Gasteiger partial charge is 0.294 e. The van der Waals surface area contributed by atoms with Crippen molar-refractivity contribution in [1.29, 1.82) is 0 Å². The first-order valence-corrected chi connectivity index (χ1v) is 12.0. The molecule has 0 unspecified atom stereocenters. The molecule has 2 heteroatoms. The Balaban J connectivity index is 1.82. The van der Waals surface area contributed by atoms with E-state index < -0.39 is 0 Å². The van der Waals surface area contributed by atoms with Crippen molar-refractivity contribution in [2.24, 2.45) is 0 Å². The summed E-state index contributed by atoms with van der Waals surface area (Å²) < 4.78 is 5.40. The minimum absolute atomic E-state index is 0.640. The molecule has 0 atom stereocenters. The Bertz CT molecular complexity index is 1000. The first kappa shape index (κ1) is 19.6. The van der Waals surface area contributed by atoms with Crippen LogP contribution in [0.15, 0.2) is 54.6 Å². The minimum atomic E-state index is 0.640. The third kappa shape index (κ3) is 3.41. The molecule has 0 spiro atoms. The number of aromatic nitrogens is 2. The molecule has 0 N–H and O–H groups in total. The van der Waals surface area contributed by atoms with Crippen LogP contribution in [0.5, 0.6) is 0 Å². The molecule has 0 amide bonds. The van der Waals surface area contributed by atoms with Crippen LogP contribution in [-0.4, -0.2) is 4.57 Å². The van der Waals surface area contributed by atoms with E-state index in [4.69, 9.17) is 0 Å². The highest BCUT2D eigenvalue weighted by Crippen LogP contribution is 2.39. The molecule has 2 saturated carbocycles. The van der Waals surface area contributed by atoms with Crippen LogP contribution in [-0.2, 0) is 0 Å². The zero-order valence-electron chi connectivity index (χ0n) is 18.6. The van der Waals surface area contributed by atoms with Crippen LogP contribution in [0.3, 0.4) is 0 Å². The summed E-state index contributed by atoms with van der Waals surface area (Å²) in [5, 5.41) is 0. The van der Waals surface area contributed by atoms with Gasteiger partial charge in [-0.05, 0) is 69.2 Å². The Labute approximate surface area is 181 Å². The first-order valence-electron chi connectivity index (χ1n) is 12.0. The highest BCUT2D eigenvalue weighted by atomic mass is 15.2. The summed E-state index contributed by atoms with van der Waals surface area (Å²) in [7, 11) is 0. The Hall–Kier alpha value is -2.35. The normalized spacial score (nSPS) is 18.2. The Kier molecular flexibility index (Phi) is 5.50. The molecule has 2 fully saturated rings. The fraction of sp³-hybridized carbons (Fsp3) is 0.464. The van der Waals surface area contributed by atoms with Crippen molar-refractivity contribution < 1.29 is 4.57 Å². The van der Waals surface area contributed by atoms with Crippen molar-refractivity contribution >= 4 is 0 Å². The van der Waals surface area contributed by atoms with E-state index in [1.54, 1.807) is 5.69 Å². The zero-order valence-corrected chi connectivity index (χ0v) is 18.6. The molecule has 3 aromatic rings. The topological polar surface area (TPSA) is 8.81 Å². The number of benzene rings is 2. The van der Waals surface area contributed by atoms with Crippen LogP contribution in [0.2, 0.25) is 0 Å². The highest BCUT2D eigenvalue weighted by molar-refractivity contribution is 5.59. The van der Waals surface area contributed by atoms with Gasteiger partial charge in [-0.25, -0.2) is 4.57 Å². The summed E-state index contributed by atoms with van der Waals surface area (Å²) in [4.78, 5) is 0. The average molecular weight is 400 g/mol. The van der Waals surface area contributed by atoms with Crippen molar-refractivity contribution in [3.63, 3.8) is 0 Å². The van der Waals surface area contributed by atoms with Crippen LogP contribution in [0.4, 0.5) is 0 Å². The second kappa shape index (κ2) is 8.41. The van der Waals surface area contributed by atoms with Gasteiger partial charge < -0.3 is 0 Å². The number of imidazole rings is 1. The van der Waals surface area contributed by atoms with Crippen molar-refractivity contribution in [2.45, 2.75) is 83.6 Å². The molecule has 5 rings (SSSR count). The van der Waals surface area contributed by atoms with Gasteiger partial charge in [-0.3, -0.25) is 0 Å². The molecule has 0 saturated heterocycles. The molecule has 0 aliphatic heterocycles. The summed E-state index contributed by atoms with van der Waals surface area (Å²) in [6.45, 7) is 4.64. The molecule has 2 aliphatic rings. The van der Waals surface area contributed by atoms with Gasteiger partial charge in [0, 0.05) is 12.8 Å². The van der Waals surface area contributed by atoms with Gasteiger partial charge in [0.1, 0.15) is 23.1 Å². The highest BCUT2D eigenvalue weighted by Gasteiger charge is 2.39. The Morgan fingerprint density at radius 3 is 2.07 bits per heavy atom. The third-order valence-electron chi connectivity index (χ3n) is 7.48. The molecule has 30 heavy (non-hydrogen) atoms. The third-order valence-corrected chi connectivity index (χ3v) is 7.48. The van der Waals surface area contributed by atoms with Crippen LogP contribution >= 0.6 is 0 Å². The van der Waals surface area contributed by atoms with Crippen molar-refractivity contribution in [1.82, 2.24) is 4.57 Å². The lowest BCUT2D eigenvalue weighted by Gasteiger charge is -2.22. The van der Waals surface area contributed by atoms with Gasteiger partial charge in [0.15, 0.2) is 0 Å². The molecule has 0 radical (unpaired) electrons. The van der Waals surface area contributed by atoms with Gasteiger partial charge >= 0.3 is 0 Å². The molecule has 2 nitrogen and oxygen atoms in total. The van der Waals surface area contributed by atoms with Crippen molar-refractivity contribution in [3.8, 4) is 17.1 Å². The van der Waals surface area contributed by atoms with Gasteiger partial charge in [0.2, 0.25) is 0 Å². The molecular formula is C28H35N2+. The molecule has 156 valence electrons. The second-order valence-electron chi connectivity index (χ2n) is 9.43. The van der Waals surface area contributed by atoms with Gasteiger partial charge in [0.05, 0.1) is 5.56 Å². The summed E-state index contributed by atoms with van der Waals surface area (Å²) in [5.41, 5.74) is 7.12. The number of hydrogen-bond donors (Lipinski definition) is 0. The minimum Gasteiger partial charge on any atom is -0.224 e. The molecular weight excluding hydrogens is 364 g/mol. The maximum atomic E-state index is 2.81. The van der Waals surface area contributed by atoms with Crippen LogP contribution < -0.4 is 4.57 Å². The van der Waals surface area contributed by atoms with Crippen LogP contribution in [0.1, 0.15) is 86.7 Å². The summed E-state index contributed by atoms with van der Waals surface area (Å²) in [6.07, 6.45) is 12.2. The molecule has 0 bridgehead atoms. The van der Waals surface area contributed by atoms with Gasteiger partial charge in [-0.2, -0.15) is 4.57 Å². The number of hydrogen-bond acceptors (Lipinski definition) is 0. The predicted octanol–water partition coefficient (Wildman–Crippen LogP) is 7.21. The smallest absolute Gasteiger partial charge is 0.224 e. The summed E-state index contributed by atoms with van der Waals surface area (Å²) in [6, 6.07) is 20.7. The first-order chi connectivity index (χ1) is 14.8. The zero-order chi connectivity index (χ0) is 20.5. The second-order valence-corrected chi connectivity index (χ2v) is 9.43. The fourth-order valence-electron chi connectivity index (χ4n) is 6.03. The fourth-order valence-corrected chi connectivity index (χ4v) is 6.03. The van der Waals surface area contributed by atoms with Gasteiger partial charge in [0.25, 0.3) is 5.82 Å². The van der Waals surface area contributed by atoms with E-state index in [1.807, 2.05) is 0 Å². The maximum absolute atomic E-state index is 2.81. The maximum Gasteiger partial charge on any atom is 0.294 e. The molecule has 2 aliphatic carbocycles. The van der Waals surface area contributed by atoms with E-state index in [-0.39, 0.29) is 0 Å². The predicted molar refractivity (Wildman–Crippen MR) is 124 cm³/mol. The Morgan fingerprint density at radius 2 is 1.37 bits per heavy atom. The van der Waals surface area contributed by atoms with E-state index in [1.165, 1.54) is 86.1 Å². The quantitative estimate of drug-likeness (QED) is 0.410. The lowest BCUT2D eigenvalue weighted by Crippen LogP contribution is -2.44. The number of para-hydroxylation sites is 1. The van der Waals surface area contributed by atoms with Crippen LogP contribution in [0, 0.1) is 13.8 Å². The summed E-state index contributed by atoms with van der Waals surface area (Å²) in [5.74, 6) is 2.10. The van der Waals surface area contributed by atoms with E-state index >= 15 is 0 Å². The van der Waals surface area contributed by atoms with Gasteiger partial charge in [-0.1, -0.05) is 55.7 Å². The van der Waals surface area contributed by atoms with Gasteiger partial charge in [-0.15, -0.1) is 0 Å².